The summed E-state index contributed by atoms with van der Waals surface area (Å²) >= 11 is 7.41. The fourth-order valence-corrected chi connectivity index (χ4v) is 2.87. The first-order valence-corrected chi connectivity index (χ1v) is 7.25. The van der Waals surface area contributed by atoms with E-state index in [1.807, 2.05) is 6.07 Å². The monoisotopic (exact) mass is 280 g/mol. The van der Waals surface area contributed by atoms with E-state index in [2.05, 4.69) is 48.4 Å². The van der Waals surface area contributed by atoms with Crippen LogP contribution in [0.1, 0.15) is 30.5 Å². The molecule has 0 fully saturated rings. The summed E-state index contributed by atoms with van der Waals surface area (Å²) < 4.78 is 0.743. The van der Waals surface area contributed by atoms with Gasteiger partial charge in [0.05, 0.1) is 6.20 Å². The summed E-state index contributed by atoms with van der Waals surface area (Å²) in [4.78, 5) is 4.26. The van der Waals surface area contributed by atoms with Crippen LogP contribution in [-0.2, 0) is 6.54 Å². The normalized spacial score (nSPS) is 12.9. The van der Waals surface area contributed by atoms with Crippen molar-refractivity contribution in [3.63, 3.8) is 0 Å². The smallest absolute Gasteiger partial charge is 0.113 e. The van der Waals surface area contributed by atoms with E-state index in [0.717, 1.165) is 15.9 Å². The molecule has 0 aliphatic rings. The second-order valence-electron chi connectivity index (χ2n) is 4.57. The van der Waals surface area contributed by atoms with E-state index < -0.39 is 0 Å². The highest BCUT2D eigenvalue weighted by Crippen LogP contribution is 2.23. The molecule has 4 heteroatoms. The van der Waals surface area contributed by atoms with Crippen LogP contribution >= 0.6 is 22.9 Å². The molecule has 18 heavy (non-hydrogen) atoms. The topological polar surface area (TPSA) is 24.9 Å². The average molecular weight is 281 g/mol. The number of hydrogen-bond acceptors (Lipinski definition) is 3. The lowest BCUT2D eigenvalue weighted by Gasteiger charge is -2.22. The van der Waals surface area contributed by atoms with Crippen LogP contribution in [0.3, 0.4) is 0 Å². The first-order valence-electron chi connectivity index (χ1n) is 6.05. The lowest BCUT2D eigenvalue weighted by atomic mass is 9.96. The number of nitrogens with zero attached hydrogens (tertiary/aromatic N) is 1. The van der Waals surface area contributed by atoms with Gasteiger partial charge in [-0.3, -0.25) is 0 Å². The van der Waals surface area contributed by atoms with Gasteiger partial charge >= 0.3 is 0 Å². The van der Waals surface area contributed by atoms with E-state index in [-0.39, 0.29) is 0 Å². The molecule has 0 amide bonds. The van der Waals surface area contributed by atoms with Gasteiger partial charge in [0.1, 0.15) is 9.34 Å². The molecule has 1 unspecified atom stereocenters. The summed E-state index contributed by atoms with van der Waals surface area (Å²) in [5.41, 5.74) is 1.31. The number of nitrogens with one attached hydrogen (secondary N) is 1. The molecule has 0 aliphatic heterocycles. The molecular weight excluding hydrogens is 264 g/mol. The zero-order valence-corrected chi connectivity index (χ0v) is 12.1. The van der Waals surface area contributed by atoms with Crippen molar-refractivity contribution in [2.45, 2.75) is 26.4 Å². The first-order chi connectivity index (χ1) is 8.66. The van der Waals surface area contributed by atoms with Crippen molar-refractivity contribution in [1.82, 2.24) is 10.3 Å². The van der Waals surface area contributed by atoms with Gasteiger partial charge in [-0.15, -0.1) is 11.3 Å². The molecular formula is C14H17ClN2S. The van der Waals surface area contributed by atoms with Gasteiger partial charge in [-0.1, -0.05) is 55.8 Å². The Morgan fingerprint density at radius 2 is 2.00 bits per heavy atom. The summed E-state index contributed by atoms with van der Waals surface area (Å²) in [7, 11) is 0. The quantitative estimate of drug-likeness (QED) is 0.884. The Bertz CT molecular complexity index is 482. The van der Waals surface area contributed by atoms with E-state index in [0.29, 0.717) is 12.0 Å². The molecule has 0 spiro atoms. The van der Waals surface area contributed by atoms with Crippen LogP contribution < -0.4 is 5.32 Å². The van der Waals surface area contributed by atoms with Crippen molar-refractivity contribution in [3.8, 4) is 0 Å². The van der Waals surface area contributed by atoms with Crippen LogP contribution in [0.25, 0.3) is 0 Å². The molecule has 0 saturated heterocycles. The molecule has 0 aliphatic carbocycles. The average Bonchev–Trinajstić information content (AvgIpc) is 2.76. The van der Waals surface area contributed by atoms with Gasteiger partial charge in [-0.25, -0.2) is 4.98 Å². The molecule has 2 aromatic rings. The zero-order valence-electron chi connectivity index (χ0n) is 10.6. The minimum atomic E-state index is 0.342. The Morgan fingerprint density at radius 3 is 2.56 bits per heavy atom. The fraction of sp³-hybridized carbons (Fsp3) is 0.357. The third-order valence-electron chi connectivity index (χ3n) is 2.82. The lowest BCUT2D eigenvalue weighted by Crippen LogP contribution is -2.25. The molecule has 0 bridgehead atoms. The minimum Gasteiger partial charge on any atom is -0.303 e. The fourth-order valence-electron chi connectivity index (χ4n) is 1.97. The standard InChI is InChI=1S/C14H17ClN2S/c1-10(2)14(11-6-4-3-5-7-11)17-9-13-16-8-12(15)18-13/h3-8,10,14,17H,9H2,1-2H3. The first kappa shape index (κ1) is 13.5. The Hall–Kier alpha value is -0.900. The van der Waals surface area contributed by atoms with Crippen LogP contribution in [0, 0.1) is 5.92 Å². The van der Waals surface area contributed by atoms with Crippen molar-refractivity contribution in [3.05, 3.63) is 51.4 Å². The lowest BCUT2D eigenvalue weighted by molar-refractivity contribution is 0.410. The second kappa shape index (κ2) is 6.32. The molecule has 1 atom stereocenters. The maximum atomic E-state index is 5.88. The third-order valence-corrected chi connectivity index (χ3v) is 3.94. The number of halogens is 1. The van der Waals surface area contributed by atoms with Crippen LogP contribution in [0.2, 0.25) is 4.34 Å². The van der Waals surface area contributed by atoms with Crippen molar-refractivity contribution < 1.29 is 0 Å². The summed E-state index contributed by atoms with van der Waals surface area (Å²) in [6, 6.07) is 10.9. The number of thiazole rings is 1. The van der Waals surface area contributed by atoms with Gasteiger partial charge in [-0.05, 0) is 11.5 Å². The van der Waals surface area contributed by atoms with Gasteiger partial charge in [0.15, 0.2) is 0 Å². The minimum absolute atomic E-state index is 0.342. The molecule has 0 saturated carbocycles. The van der Waals surface area contributed by atoms with E-state index in [4.69, 9.17) is 11.6 Å². The molecule has 1 heterocycles. The third kappa shape index (κ3) is 3.55. The van der Waals surface area contributed by atoms with Crippen molar-refractivity contribution in [1.29, 1.82) is 0 Å². The number of rotatable bonds is 5. The molecule has 0 radical (unpaired) electrons. The van der Waals surface area contributed by atoms with E-state index in [9.17, 15) is 0 Å². The molecule has 1 aromatic carbocycles. The van der Waals surface area contributed by atoms with E-state index >= 15 is 0 Å². The largest absolute Gasteiger partial charge is 0.303 e. The Kier molecular flexibility index (Phi) is 4.75. The van der Waals surface area contributed by atoms with Crippen LogP contribution in [0.5, 0.6) is 0 Å². The summed E-state index contributed by atoms with van der Waals surface area (Å²) in [6.45, 7) is 5.20. The second-order valence-corrected chi connectivity index (χ2v) is 6.32. The summed E-state index contributed by atoms with van der Waals surface area (Å²) in [5, 5.41) is 4.58. The number of benzene rings is 1. The molecule has 2 rings (SSSR count). The van der Waals surface area contributed by atoms with Gasteiger partial charge in [0.2, 0.25) is 0 Å². The number of hydrogen-bond donors (Lipinski definition) is 1. The maximum absolute atomic E-state index is 5.88. The van der Waals surface area contributed by atoms with Gasteiger partial charge in [0, 0.05) is 12.6 Å². The van der Waals surface area contributed by atoms with Crippen molar-refractivity contribution in [2.75, 3.05) is 0 Å². The van der Waals surface area contributed by atoms with Gasteiger partial charge in [-0.2, -0.15) is 0 Å². The van der Waals surface area contributed by atoms with Gasteiger partial charge in [0.25, 0.3) is 0 Å². The van der Waals surface area contributed by atoms with Crippen LogP contribution in [-0.4, -0.2) is 4.98 Å². The van der Waals surface area contributed by atoms with Crippen LogP contribution in [0.4, 0.5) is 0 Å². The maximum Gasteiger partial charge on any atom is 0.113 e. The Labute approximate surface area is 117 Å². The molecule has 2 nitrogen and oxygen atoms in total. The molecule has 1 aromatic heterocycles. The molecule has 1 N–H and O–H groups in total. The summed E-state index contributed by atoms with van der Waals surface area (Å²) in [5.74, 6) is 0.530. The van der Waals surface area contributed by atoms with Crippen molar-refractivity contribution in [2.24, 2.45) is 5.92 Å². The van der Waals surface area contributed by atoms with Crippen molar-refractivity contribution >= 4 is 22.9 Å². The highest BCUT2D eigenvalue weighted by Gasteiger charge is 2.15. The Balaban J connectivity index is 2.03. The van der Waals surface area contributed by atoms with Crippen LogP contribution in [0.15, 0.2) is 36.5 Å². The van der Waals surface area contributed by atoms with Gasteiger partial charge < -0.3 is 5.32 Å². The predicted molar refractivity (Wildman–Crippen MR) is 78.0 cm³/mol. The highest BCUT2D eigenvalue weighted by atomic mass is 35.5. The SMILES string of the molecule is CC(C)C(NCc1ncc(Cl)s1)c1ccccc1. The van der Waals surface area contributed by atoms with E-state index in [1.54, 1.807) is 6.20 Å². The zero-order chi connectivity index (χ0) is 13.0. The number of aromatic nitrogens is 1. The Morgan fingerprint density at radius 1 is 1.28 bits per heavy atom. The van der Waals surface area contributed by atoms with E-state index in [1.165, 1.54) is 16.9 Å². The molecule has 96 valence electrons. The summed E-state index contributed by atoms with van der Waals surface area (Å²) in [6.07, 6.45) is 1.70. The highest BCUT2D eigenvalue weighted by molar-refractivity contribution is 7.15. The predicted octanol–water partition coefficient (Wildman–Crippen LogP) is 4.28.